The van der Waals surface area contributed by atoms with Gasteiger partial charge in [0.15, 0.2) is 0 Å². The quantitative estimate of drug-likeness (QED) is 0.913. The van der Waals surface area contributed by atoms with Gasteiger partial charge in [-0.25, -0.2) is 0 Å². The minimum Gasteiger partial charge on any atom is -0.393 e. The number of aromatic nitrogens is 1. The summed E-state index contributed by atoms with van der Waals surface area (Å²) in [6.45, 7) is 3.61. The largest absolute Gasteiger partial charge is 0.393 e. The zero-order valence-electron chi connectivity index (χ0n) is 14.5. The molecule has 0 spiro atoms. The smallest absolute Gasteiger partial charge is 0.254 e. The second-order valence-electron chi connectivity index (χ2n) is 7.16. The van der Waals surface area contributed by atoms with Crippen molar-refractivity contribution in [1.29, 1.82) is 0 Å². The maximum atomic E-state index is 13.2. The Bertz CT molecular complexity index is 792. The number of pyridine rings is 1. The summed E-state index contributed by atoms with van der Waals surface area (Å²) in [5.41, 5.74) is 2.55. The SMILES string of the molecule is Cc1ccc2cc(C(=O)N3CCOC[C@@H]3[C@H]3CCC[C@H]3O)ccc2n1. The first-order valence-corrected chi connectivity index (χ1v) is 9.08. The van der Waals surface area contributed by atoms with Crippen LogP contribution in [0.1, 0.15) is 35.3 Å². The van der Waals surface area contributed by atoms with Crippen molar-refractivity contribution >= 4 is 16.8 Å². The lowest BCUT2D eigenvalue weighted by molar-refractivity contribution is -0.0383. The molecule has 1 N–H and O–H groups in total. The number of morpholine rings is 1. The van der Waals surface area contributed by atoms with Crippen LogP contribution in [0.2, 0.25) is 0 Å². The highest BCUT2D eigenvalue weighted by Crippen LogP contribution is 2.33. The lowest BCUT2D eigenvalue weighted by atomic mass is 9.93. The Kier molecular flexibility index (Phi) is 4.44. The van der Waals surface area contributed by atoms with Gasteiger partial charge in [-0.05, 0) is 44.0 Å². The fourth-order valence-corrected chi connectivity index (χ4v) is 4.17. The van der Waals surface area contributed by atoms with Crippen molar-refractivity contribution in [2.24, 2.45) is 5.92 Å². The molecule has 0 radical (unpaired) electrons. The first-order chi connectivity index (χ1) is 12.1. The fourth-order valence-electron chi connectivity index (χ4n) is 4.17. The summed E-state index contributed by atoms with van der Waals surface area (Å²) >= 11 is 0. The molecule has 0 unspecified atom stereocenters. The van der Waals surface area contributed by atoms with Crippen LogP contribution in [0.3, 0.4) is 0 Å². The maximum absolute atomic E-state index is 13.2. The summed E-state index contributed by atoms with van der Waals surface area (Å²) in [7, 11) is 0. The van der Waals surface area contributed by atoms with Crippen molar-refractivity contribution in [2.45, 2.75) is 38.3 Å². The molecule has 3 atom stereocenters. The van der Waals surface area contributed by atoms with Crippen LogP contribution in [0.4, 0.5) is 0 Å². The molecule has 1 aromatic carbocycles. The van der Waals surface area contributed by atoms with E-state index in [1.165, 1.54) is 0 Å². The van der Waals surface area contributed by atoms with Crippen LogP contribution in [0.5, 0.6) is 0 Å². The van der Waals surface area contributed by atoms with Gasteiger partial charge in [0.1, 0.15) is 0 Å². The summed E-state index contributed by atoms with van der Waals surface area (Å²) in [6.07, 6.45) is 2.47. The summed E-state index contributed by atoms with van der Waals surface area (Å²) < 4.78 is 5.63. The predicted octanol–water partition coefficient (Wildman–Crippen LogP) is 2.55. The monoisotopic (exact) mass is 340 g/mol. The number of hydrogen-bond donors (Lipinski definition) is 1. The van der Waals surface area contributed by atoms with Crippen LogP contribution in [0.15, 0.2) is 30.3 Å². The molecule has 25 heavy (non-hydrogen) atoms. The number of aliphatic hydroxyl groups excluding tert-OH is 1. The third kappa shape index (κ3) is 3.14. The highest BCUT2D eigenvalue weighted by Gasteiger charge is 2.39. The van der Waals surface area contributed by atoms with Gasteiger partial charge in [0.25, 0.3) is 5.91 Å². The van der Waals surface area contributed by atoms with Crippen molar-refractivity contribution in [3.63, 3.8) is 0 Å². The molecule has 1 aromatic heterocycles. The average molecular weight is 340 g/mol. The molecule has 0 bridgehead atoms. The third-order valence-electron chi connectivity index (χ3n) is 5.53. The van der Waals surface area contributed by atoms with Gasteiger partial charge in [0.2, 0.25) is 0 Å². The first-order valence-electron chi connectivity index (χ1n) is 9.08. The number of fused-ring (bicyclic) bond motifs is 1. The molecule has 5 heteroatoms. The Morgan fingerprint density at radius 1 is 1.28 bits per heavy atom. The summed E-state index contributed by atoms with van der Waals surface area (Å²) in [5.74, 6) is 0.142. The maximum Gasteiger partial charge on any atom is 0.254 e. The second kappa shape index (κ2) is 6.73. The number of ether oxygens (including phenoxy) is 1. The van der Waals surface area contributed by atoms with Gasteiger partial charge in [0.05, 0.1) is 30.9 Å². The fraction of sp³-hybridized carbons (Fsp3) is 0.500. The van der Waals surface area contributed by atoms with Crippen molar-refractivity contribution in [1.82, 2.24) is 9.88 Å². The van der Waals surface area contributed by atoms with Crippen LogP contribution in [0.25, 0.3) is 10.9 Å². The highest BCUT2D eigenvalue weighted by atomic mass is 16.5. The van der Waals surface area contributed by atoms with Gasteiger partial charge in [-0.2, -0.15) is 0 Å². The van der Waals surface area contributed by atoms with Crippen LogP contribution in [-0.2, 0) is 4.74 Å². The third-order valence-corrected chi connectivity index (χ3v) is 5.53. The molecule has 2 fully saturated rings. The lowest BCUT2D eigenvalue weighted by Gasteiger charge is -2.40. The van der Waals surface area contributed by atoms with E-state index in [0.717, 1.165) is 35.9 Å². The van der Waals surface area contributed by atoms with Crippen molar-refractivity contribution in [3.8, 4) is 0 Å². The van der Waals surface area contributed by atoms with Gasteiger partial charge in [0, 0.05) is 29.1 Å². The van der Waals surface area contributed by atoms with E-state index >= 15 is 0 Å². The minimum atomic E-state index is -0.328. The number of aryl methyl sites for hydroxylation is 1. The molecule has 132 valence electrons. The van der Waals surface area contributed by atoms with Gasteiger partial charge in [-0.1, -0.05) is 12.5 Å². The van der Waals surface area contributed by atoms with Crippen LogP contribution < -0.4 is 0 Å². The molecule has 2 aliphatic rings. The zero-order chi connectivity index (χ0) is 17.4. The minimum absolute atomic E-state index is 0.0230. The molecular formula is C20H24N2O3. The first kappa shape index (κ1) is 16.5. The van der Waals surface area contributed by atoms with Gasteiger partial charge in [-0.15, -0.1) is 0 Å². The molecule has 2 aromatic rings. The molecule has 1 amide bonds. The molecule has 1 saturated carbocycles. The van der Waals surface area contributed by atoms with E-state index in [-0.39, 0.29) is 24.0 Å². The van der Waals surface area contributed by atoms with Crippen LogP contribution >= 0.6 is 0 Å². The lowest BCUT2D eigenvalue weighted by Crippen LogP contribution is -2.53. The molecule has 4 rings (SSSR count). The van der Waals surface area contributed by atoms with E-state index in [0.29, 0.717) is 25.3 Å². The average Bonchev–Trinajstić information content (AvgIpc) is 3.06. The molecular weight excluding hydrogens is 316 g/mol. The second-order valence-corrected chi connectivity index (χ2v) is 7.16. The molecule has 1 saturated heterocycles. The van der Waals surface area contributed by atoms with Crippen molar-refractivity contribution < 1.29 is 14.6 Å². The van der Waals surface area contributed by atoms with E-state index in [1.54, 1.807) is 0 Å². The Hall–Kier alpha value is -1.98. The number of carbonyl (C=O) groups excluding carboxylic acids is 1. The number of rotatable bonds is 2. The number of benzene rings is 1. The van der Waals surface area contributed by atoms with Gasteiger partial charge < -0.3 is 14.7 Å². The number of amides is 1. The van der Waals surface area contributed by atoms with Crippen LogP contribution in [-0.4, -0.2) is 52.8 Å². The Morgan fingerprint density at radius 3 is 2.96 bits per heavy atom. The zero-order valence-corrected chi connectivity index (χ0v) is 14.5. The number of aliphatic hydroxyl groups is 1. The number of carbonyl (C=O) groups is 1. The molecule has 1 aliphatic carbocycles. The Balaban J connectivity index is 1.62. The normalized spacial score (nSPS) is 27.0. The predicted molar refractivity (Wildman–Crippen MR) is 95.5 cm³/mol. The topological polar surface area (TPSA) is 62.7 Å². The molecule has 5 nitrogen and oxygen atoms in total. The van der Waals surface area contributed by atoms with E-state index < -0.39 is 0 Å². The standard InChI is InChI=1S/C20H24N2O3/c1-13-5-6-14-11-15(7-8-17(14)21-13)20(24)22-9-10-25-12-18(22)16-3-2-4-19(16)23/h5-8,11,16,18-19,23H,2-4,9-10,12H2,1H3/t16-,18-,19-/m1/s1. The highest BCUT2D eigenvalue weighted by molar-refractivity contribution is 5.98. The Morgan fingerprint density at radius 2 is 2.16 bits per heavy atom. The number of nitrogens with zero attached hydrogens (tertiary/aromatic N) is 2. The van der Waals surface area contributed by atoms with Crippen molar-refractivity contribution in [2.75, 3.05) is 19.8 Å². The molecule has 2 heterocycles. The molecule has 1 aliphatic heterocycles. The Labute approximate surface area is 147 Å². The van der Waals surface area contributed by atoms with Crippen molar-refractivity contribution in [3.05, 3.63) is 41.6 Å². The summed E-state index contributed by atoms with van der Waals surface area (Å²) in [6, 6.07) is 9.62. The summed E-state index contributed by atoms with van der Waals surface area (Å²) in [4.78, 5) is 19.6. The van der Waals surface area contributed by atoms with E-state index in [2.05, 4.69) is 4.98 Å². The van der Waals surface area contributed by atoms with E-state index in [4.69, 9.17) is 4.74 Å². The van der Waals surface area contributed by atoms with Gasteiger partial charge >= 0.3 is 0 Å². The summed E-state index contributed by atoms with van der Waals surface area (Å²) in [5, 5.41) is 11.3. The van der Waals surface area contributed by atoms with E-state index in [1.807, 2.05) is 42.2 Å². The van der Waals surface area contributed by atoms with Gasteiger partial charge in [-0.3, -0.25) is 9.78 Å². The number of hydrogen-bond acceptors (Lipinski definition) is 4. The van der Waals surface area contributed by atoms with E-state index in [9.17, 15) is 9.90 Å². The van der Waals surface area contributed by atoms with Crippen LogP contribution in [0, 0.1) is 12.8 Å².